The molecule has 3 N–H and O–H groups in total. The highest BCUT2D eigenvalue weighted by molar-refractivity contribution is 5.95. The number of aliphatic hydroxyl groups is 2. The summed E-state index contributed by atoms with van der Waals surface area (Å²) >= 11 is 0. The molecule has 1 aromatic rings. The minimum atomic E-state index is -0.918. The van der Waals surface area contributed by atoms with E-state index in [4.69, 9.17) is 10.2 Å². The van der Waals surface area contributed by atoms with Gasteiger partial charge < -0.3 is 15.5 Å². The Bertz CT molecular complexity index is 462. The summed E-state index contributed by atoms with van der Waals surface area (Å²) in [5.74, 6) is -1.73. The highest BCUT2D eigenvalue weighted by atomic mass is 19.1. The van der Waals surface area contributed by atoms with E-state index in [1.54, 1.807) is 0 Å². The summed E-state index contributed by atoms with van der Waals surface area (Å²) in [4.78, 5) is 21.2. The first-order valence-electron chi connectivity index (χ1n) is 4.95. The Hall–Kier alpha value is -2.06. The molecule has 0 aliphatic carbocycles. The van der Waals surface area contributed by atoms with Gasteiger partial charge in [-0.05, 0) is 6.07 Å². The van der Waals surface area contributed by atoms with Crippen LogP contribution in [0.3, 0.4) is 0 Å². The summed E-state index contributed by atoms with van der Waals surface area (Å²) in [6.07, 6.45) is 0. The van der Waals surface area contributed by atoms with Crippen molar-refractivity contribution < 1.29 is 24.3 Å². The Morgan fingerprint density at radius 3 is 2.50 bits per heavy atom. The fourth-order valence-corrected chi connectivity index (χ4v) is 1.23. The lowest BCUT2D eigenvalue weighted by Crippen LogP contribution is -2.40. The van der Waals surface area contributed by atoms with E-state index in [0.29, 0.717) is 6.07 Å². The molecule has 0 aliphatic rings. The van der Waals surface area contributed by atoms with Crippen LogP contribution >= 0.6 is 0 Å². The van der Waals surface area contributed by atoms with Gasteiger partial charge in [0.1, 0.15) is 5.82 Å². The smallest absolute Gasteiger partial charge is 0.273 e. The Kier molecular flexibility index (Phi) is 4.69. The molecule has 0 heterocycles. The second kappa shape index (κ2) is 6.03. The molecule has 0 spiro atoms. The molecule has 0 aromatic heterocycles. The molecular formula is C10H11FN2O5. The SMILES string of the molecule is O=C(NC(CO)CO)c1cc(F)cc([N+](=O)[O-])c1. The molecule has 1 aromatic carbocycles. The Morgan fingerprint density at radius 1 is 1.39 bits per heavy atom. The van der Waals surface area contributed by atoms with Crippen LogP contribution in [0.25, 0.3) is 0 Å². The van der Waals surface area contributed by atoms with Crippen LogP contribution < -0.4 is 5.32 Å². The lowest BCUT2D eigenvalue weighted by atomic mass is 10.1. The van der Waals surface area contributed by atoms with Crippen molar-refractivity contribution in [3.8, 4) is 0 Å². The lowest BCUT2D eigenvalue weighted by Gasteiger charge is -2.13. The summed E-state index contributed by atoms with van der Waals surface area (Å²) in [6, 6.07) is 1.52. The molecule has 7 nitrogen and oxygen atoms in total. The van der Waals surface area contributed by atoms with Crippen LogP contribution in [0.5, 0.6) is 0 Å². The summed E-state index contributed by atoms with van der Waals surface area (Å²) in [6.45, 7) is -1.00. The second-order valence-corrected chi connectivity index (χ2v) is 3.49. The predicted octanol–water partition coefficient (Wildman–Crippen LogP) is -0.183. The van der Waals surface area contributed by atoms with Crippen molar-refractivity contribution in [2.45, 2.75) is 6.04 Å². The summed E-state index contributed by atoms with van der Waals surface area (Å²) in [7, 11) is 0. The van der Waals surface area contributed by atoms with Gasteiger partial charge in [0.15, 0.2) is 0 Å². The van der Waals surface area contributed by atoms with Gasteiger partial charge in [0, 0.05) is 11.6 Å². The van der Waals surface area contributed by atoms with Gasteiger partial charge in [-0.15, -0.1) is 0 Å². The van der Waals surface area contributed by atoms with Crippen LogP contribution in [0.1, 0.15) is 10.4 Å². The molecule has 0 atom stereocenters. The maximum absolute atomic E-state index is 13.1. The number of halogens is 1. The van der Waals surface area contributed by atoms with Gasteiger partial charge in [0.05, 0.1) is 30.2 Å². The fourth-order valence-electron chi connectivity index (χ4n) is 1.23. The molecule has 0 aliphatic heterocycles. The van der Waals surface area contributed by atoms with Gasteiger partial charge >= 0.3 is 0 Å². The topological polar surface area (TPSA) is 113 Å². The zero-order chi connectivity index (χ0) is 13.7. The summed E-state index contributed by atoms with van der Waals surface area (Å²) in [5, 5.41) is 30.2. The number of aliphatic hydroxyl groups excluding tert-OH is 2. The minimum absolute atomic E-state index is 0.256. The molecule has 0 bridgehead atoms. The number of nitrogens with zero attached hydrogens (tertiary/aromatic N) is 1. The highest BCUT2D eigenvalue weighted by Crippen LogP contribution is 2.16. The van der Waals surface area contributed by atoms with E-state index in [1.165, 1.54) is 0 Å². The first kappa shape index (κ1) is 14.0. The van der Waals surface area contributed by atoms with Crippen LogP contribution in [-0.4, -0.2) is 40.3 Å². The largest absolute Gasteiger partial charge is 0.394 e. The number of nitro benzene ring substituents is 1. The first-order valence-corrected chi connectivity index (χ1v) is 4.95. The number of hydrogen-bond acceptors (Lipinski definition) is 5. The van der Waals surface area contributed by atoms with Crippen molar-refractivity contribution in [2.24, 2.45) is 0 Å². The predicted molar refractivity (Wildman–Crippen MR) is 58.5 cm³/mol. The van der Waals surface area contributed by atoms with Crippen LogP contribution in [0, 0.1) is 15.9 Å². The van der Waals surface area contributed by atoms with Crippen molar-refractivity contribution in [3.63, 3.8) is 0 Å². The molecule has 1 rings (SSSR count). The average Bonchev–Trinajstić information content (AvgIpc) is 2.34. The molecule has 1 amide bonds. The zero-order valence-electron chi connectivity index (χ0n) is 9.17. The summed E-state index contributed by atoms with van der Waals surface area (Å²) in [5.41, 5.74) is -0.807. The molecule has 0 unspecified atom stereocenters. The van der Waals surface area contributed by atoms with Gasteiger partial charge in [0.2, 0.25) is 0 Å². The van der Waals surface area contributed by atoms with Crippen LogP contribution in [0.15, 0.2) is 18.2 Å². The molecule has 0 saturated carbocycles. The van der Waals surface area contributed by atoms with E-state index < -0.39 is 41.6 Å². The maximum Gasteiger partial charge on any atom is 0.273 e. The maximum atomic E-state index is 13.1. The quantitative estimate of drug-likeness (QED) is 0.500. The average molecular weight is 258 g/mol. The zero-order valence-corrected chi connectivity index (χ0v) is 9.17. The molecule has 0 fully saturated rings. The number of carbonyl (C=O) groups excluding carboxylic acids is 1. The van der Waals surface area contributed by atoms with Crippen molar-refractivity contribution in [1.82, 2.24) is 5.32 Å². The highest BCUT2D eigenvalue weighted by Gasteiger charge is 2.17. The van der Waals surface area contributed by atoms with E-state index in [-0.39, 0.29) is 5.56 Å². The van der Waals surface area contributed by atoms with Gasteiger partial charge in [-0.2, -0.15) is 0 Å². The Morgan fingerprint density at radius 2 is 2.00 bits per heavy atom. The molecule has 0 radical (unpaired) electrons. The van der Waals surface area contributed by atoms with Crippen molar-refractivity contribution in [1.29, 1.82) is 0 Å². The first-order chi connectivity index (χ1) is 8.47. The molecule has 0 saturated heterocycles. The molecule has 18 heavy (non-hydrogen) atoms. The van der Waals surface area contributed by atoms with E-state index >= 15 is 0 Å². The van der Waals surface area contributed by atoms with Gasteiger partial charge in [-0.3, -0.25) is 14.9 Å². The number of carbonyl (C=O) groups is 1. The van der Waals surface area contributed by atoms with Crippen LogP contribution in [0.2, 0.25) is 0 Å². The Balaban J connectivity index is 2.95. The van der Waals surface area contributed by atoms with Crippen LogP contribution in [0.4, 0.5) is 10.1 Å². The van der Waals surface area contributed by atoms with Gasteiger partial charge in [-0.25, -0.2) is 4.39 Å². The van der Waals surface area contributed by atoms with E-state index in [1.807, 2.05) is 0 Å². The standard InChI is InChI=1S/C10H11FN2O5/c11-7-1-6(2-9(3-7)13(17)18)10(16)12-8(4-14)5-15/h1-3,8,14-15H,4-5H2,(H,12,16). The monoisotopic (exact) mass is 258 g/mol. The number of nitrogens with one attached hydrogen (secondary N) is 1. The molecular weight excluding hydrogens is 247 g/mol. The van der Waals surface area contributed by atoms with Crippen LogP contribution in [-0.2, 0) is 0 Å². The number of benzene rings is 1. The third-order valence-electron chi connectivity index (χ3n) is 2.13. The van der Waals surface area contributed by atoms with Gasteiger partial charge in [0.25, 0.3) is 11.6 Å². The van der Waals surface area contributed by atoms with Crippen molar-refractivity contribution in [2.75, 3.05) is 13.2 Å². The Labute approximate surface area is 101 Å². The summed E-state index contributed by atoms with van der Waals surface area (Å²) < 4.78 is 13.1. The van der Waals surface area contributed by atoms with Crippen molar-refractivity contribution in [3.05, 3.63) is 39.7 Å². The third-order valence-corrected chi connectivity index (χ3v) is 2.13. The molecule has 98 valence electrons. The fraction of sp³-hybridized carbons (Fsp3) is 0.300. The number of non-ortho nitro benzene ring substituents is 1. The number of amides is 1. The normalized spacial score (nSPS) is 10.4. The second-order valence-electron chi connectivity index (χ2n) is 3.49. The van der Waals surface area contributed by atoms with Crippen molar-refractivity contribution >= 4 is 11.6 Å². The minimum Gasteiger partial charge on any atom is -0.394 e. The van der Waals surface area contributed by atoms with Gasteiger partial charge in [-0.1, -0.05) is 0 Å². The number of rotatable bonds is 5. The third kappa shape index (κ3) is 3.47. The van der Waals surface area contributed by atoms with E-state index in [0.717, 1.165) is 12.1 Å². The lowest BCUT2D eigenvalue weighted by molar-refractivity contribution is -0.385. The molecule has 8 heteroatoms. The van der Waals surface area contributed by atoms with E-state index in [2.05, 4.69) is 5.32 Å². The van der Waals surface area contributed by atoms with E-state index in [9.17, 15) is 19.3 Å². The number of nitro groups is 1. The number of hydrogen-bond donors (Lipinski definition) is 3.